The van der Waals surface area contributed by atoms with Crippen molar-refractivity contribution in [2.45, 2.75) is 33.1 Å². The maximum Gasteiger partial charge on any atom is -0.00854 e. The predicted octanol–water partition coefficient (Wildman–Crippen LogP) is 3.38. The molecule has 0 aliphatic heterocycles. The van der Waals surface area contributed by atoms with Crippen molar-refractivity contribution in [2.75, 3.05) is 0 Å². The number of rotatable bonds is 2. The first-order valence-corrected chi connectivity index (χ1v) is 5.16. The van der Waals surface area contributed by atoms with Crippen molar-refractivity contribution in [3.63, 3.8) is 0 Å². The number of benzene rings is 1. The Bertz CT molecular complexity index is 345. The van der Waals surface area contributed by atoms with E-state index in [1.807, 2.05) is 0 Å². The number of hydrogen-bond donors (Lipinski definition) is 0. The maximum atomic E-state index is 2.37. The fourth-order valence-electron chi connectivity index (χ4n) is 2.05. The summed E-state index contributed by atoms with van der Waals surface area (Å²) in [5.41, 5.74) is 6.03. The van der Waals surface area contributed by atoms with Crippen LogP contribution >= 0.6 is 0 Å². The molecule has 0 amide bonds. The molecule has 0 saturated heterocycles. The van der Waals surface area contributed by atoms with E-state index in [9.17, 15) is 0 Å². The Morgan fingerprint density at radius 2 is 2.00 bits per heavy atom. The SMILES string of the molecule is CCc1cc2c(c(CC)c1)CC=C2. The summed E-state index contributed by atoms with van der Waals surface area (Å²) in [4.78, 5) is 0. The van der Waals surface area contributed by atoms with Gasteiger partial charge in [-0.3, -0.25) is 0 Å². The minimum absolute atomic E-state index is 1.14. The van der Waals surface area contributed by atoms with Crippen LogP contribution < -0.4 is 0 Å². The van der Waals surface area contributed by atoms with Crippen molar-refractivity contribution in [3.8, 4) is 0 Å². The molecule has 1 aromatic carbocycles. The van der Waals surface area contributed by atoms with E-state index in [4.69, 9.17) is 0 Å². The molecule has 0 aromatic heterocycles. The summed E-state index contributed by atoms with van der Waals surface area (Å²) in [7, 11) is 0. The van der Waals surface area contributed by atoms with E-state index in [-0.39, 0.29) is 0 Å². The van der Waals surface area contributed by atoms with Gasteiger partial charge in [0.05, 0.1) is 0 Å². The second kappa shape index (κ2) is 3.37. The predicted molar refractivity (Wildman–Crippen MR) is 57.9 cm³/mol. The molecule has 0 atom stereocenters. The van der Waals surface area contributed by atoms with E-state index >= 15 is 0 Å². The van der Waals surface area contributed by atoms with E-state index in [1.54, 1.807) is 11.1 Å². The van der Waals surface area contributed by atoms with Gasteiger partial charge in [0.2, 0.25) is 0 Å². The smallest absolute Gasteiger partial charge is 0.00854 e. The summed E-state index contributed by atoms with van der Waals surface area (Å²) in [6, 6.07) is 4.70. The molecule has 1 aromatic rings. The molecular weight excluding hydrogens is 156 g/mol. The summed E-state index contributed by atoms with van der Waals surface area (Å²) < 4.78 is 0. The zero-order chi connectivity index (χ0) is 9.26. The Morgan fingerprint density at radius 1 is 1.15 bits per heavy atom. The highest BCUT2D eigenvalue weighted by Gasteiger charge is 2.09. The Labute approximate surface area is 80.3 Å². The van der Waals surface area contributed by atoms with Gasteiger partial charge in [0.1, 0.15) is 0 Å². The molecule has 2 rings (SSSR count). The first-order valence-electron chi connectivity index (χ1n) is 5.16. The molecule has 0 bridgehead atoms. The van der Waals surface area contributed by atoms with Gasteiger partial charge in [-0.25, -0.2) is 0 Å². The summed E-state index contributed by atoms with van der Waals surface area (Å²) in [5.74, 6) is 0. The zero-order valence-electron chi connectivity index (χ0n) is 8.43. The topological polar surface area (TPSA) is 0 Å². The molecule has 0 fully saturated rings. The van der Waals surface area contributed by atoms with Gasteiger partial charge in [-0.05, 0) is 41.5 Å². The van der Waals surface area contributed by atoms with E-state index in [0.29, 0.717) is 0 Å². The van der Waals surface area contributed by atoms with E-state index in [1.165, 1.54) is 11.1 Å². The maximum absolute atomic E-state index is 2.37. The number of hydrogen-bond acceptors (Lipinski definition) is 0. The van der Waals surface area contributed by atoms with Crippen LogP contribution in [0.2, 0.25) is 0 Å². The van der Waals surface area contributed by atoms with Crippen LogP contribution in [0.3, 0.4) is 0 Å². The highest BCUT2D eigenvalue weighted by Crippen LogP contribution is 2.25. The molecule has 0 unspecified atom stereocenters. The molecule has 0 radical (unpaired) electrons. The third-order valence-electron chi connectivity index (χ3n) is 2.85. The first kappa shape index (κ1) is 8.55. The van der Waals surface area contributed by atoms with Gasteiger partial charge in [0.25, 0.3) is 0 Å². The summed E-state index contributed by atoms with van der Waals surface area (Å²) >= 11 is 0. The first-order chi connectivity index (χ1) is 6.35. The standard InChI is InChI=1S/C13H16/c1-3-10-8-11(4-2)13-7-5-6-12(13)9-10/h5-6,8-9H,3-4,7H2,1-2H3. The van der Waals surface area contributed by atoms with Gasteiger partial charge < -0.3 is 0 Å². The lowest BCUT2D eigenvalue weighted by atomic mass is 9.96. The lowest BCUT2D eigenvalue weighted by Gasteiger charge is -2.09. The quantitative estimate of drug-likeness (QED) is 0.641. The molecule has 0 nitrogen and oxygen atoms in total. The Hall–Kier alpha value is -1.04. The van der Waals surface area contributed by atoms with Crippen LogP contribution in [0.1, 0.15) is 36.1 Å². The van der Waals surface area contributed by atoms with Crippen LogP contribution in [0.25, 0.3) is 6.08 Å². The van der Waals surface area contributed by atoms with E-state index < -0.39 is 0 Å². The molecule has 0 heterocycles. The average Bonchev–Trinajstić information content (AvgIpc) is 2.63. The molecule has 1 aliphatic rings. The van der Waals surface area contributed by atoms with Gasteiger partial charge in [-0.2, -0.15) is 0 Å². The molecule has 68 valence electrons. The molecule has 1 aliphatic carbocycles. The lowest BCUT2D eigenvalue weighted by Crippen LogP contribution is -1.94. The monoisotopic (exact) mass is 172 g/mol. The van der Waals surface area contributed by atoms with Crippen molar-refractivity contribution in [1.29, 1.82) is 0 Å². The highest BCUT2D eigenvalue weighted by atomic mass is 14.1. The summed E-state index contributed by atoms with van der Waals surface area (Å²) in [6.45, 7) is 4.47. The van der Waals surface area contributed by atoms with Crippen molar-refractivity contribution in [1.82, 2.24) is 0 Å². The number of fused-ring (bicyclic) bond motifs is 1. The normalized spacial score (nSPS) is 13.4. The molecule has 0 spiro atoms. The van der Waals surface area contributed by atoms with Crippen LogP contribution in [0, 0.1) is 0 Å². The minimum Gasteiger partial charge on any atom is -0.0795 e. The van der Waals surface area contributed by atoms with Crippen molar-refractivity contribution >= 4 is 6.08 Å². The fourth-order valence-corrected chi connectivity index (χ4v) is 2.05. The van der Waals surface area contributed by atoms with Crippen LogP contribution in [-0.4, -0.2) is 0 Å². The van der Waals surface area contributed by atoms with Gasteiger partial charge in [0, 0.05) is 0 Å². The highest BCUT2D eigenvalue weighted by molar-refractivity contribution is 5.63. The second-order valence-electron chi connectivity index (χ2n) is 3.64. The number of aryl methyl sites for hydroxylation is 2. The zero-order valence-corrected chi connectivity index (χ0v) is 8.43. The van der Waals surface area contributed by atoms with Crippen LogP contribution in [0.15, 0.2) is 18.2 Å². The second-order valence-corrected chi connectivity index (χ2v) is 3.64. The van der Waals surface area contributed by atoms with Gasteiger partial charge in [-0.15, -0.1) is 0 Å². The van der Waals surface area contributed by atoms with Crippen molar-refractivity contribution < 1.29 is 0 Å². The largest absolute Gasteiger partial charge is 0.0795 e. The Balaban J connectivity index is 2.53. The van der Waals surface area contributed by atoms with Crippen LogP contribution in [0.5, 0.6) is 0 Å². The van der Waals surface area contributed by atoms with E-state index in [0.717, 1.165) is 19.3 Å². The van der Waals surface area contributed by atoms with Crippen LogP contribution in [-0.2, 0) is 19.3 Å². The average molecular weight is 172 g/mol. The molecule has 0 heteroatoms. The Morgan fingerprint density at radius 3 is 2.69 bits per heavy atom. The third-order valence-corrected chi connectivity index (χ3v) is 2.85. The molecule has 13 heavy (non-hydrogen) atoms. The Kier molecular flexibility index (Phi) is 2.22. The minimum atomic E-state index is 1.14. The van der Waals surface area contributed by atoms with E-state index in [2.05, 4.69) is 38.1 Å². The van der Waals surface area contributed by atoms with Gasteiger partial charge in [0.15, 0.2) is 0 Å². The summed E-state index contributed by atoms with van der Waals surface area (Å²) in [5, 5.41) is 0. The molecular formula is C13H16. The third kappa shape index (κ3) is 1.41. The molecule has 0 saturated carbocycles. The number of allylic oxidation sites excluding steroid dienone is 1. The van der Waals surface area contributed by atoms with Crippen molar-refractivity contribution in [3.05, 3.63) is 40.5 Å². The summed E-state index contributed by atoms with van der Waals surface area (Å²) in [6.07, 6.45) is 7.98. The van der Waals surface area contributed by atoms with Gasteiger partial charge >= 0.3 is 0 Å². The van der Waals surface area contributed by atoms with Gasteiger partial charge in [-0.1, -0.05) is 38.1 Å². The lowest BCUT2D eigenvalue weighted by molar-refractivity contribution is 1.05. The van der Waals surface area contributed by atoms with Crippen LogP contribution in [0.4, 0.5) is 0 Å². The fraction of sp³-hybridized carbons (Fsp3) is 0.385. The van der Waals surface area contributed by atoms with Crippen molar-refractivity contribution in [2.24, 2.45) is 0 Å². The molecule has 0 N–H and O–H groups in total.